The summed E-state index contributed by atoms with van der Waals surface area (Å²) in [4.78, 5) is 11.4. The molecule has 0 bridgehead atoms. The van der Waals surface area contributed by atoms with Crippen LogP contribution in [0.3, 0.4) is 0 Å². The van der Waals surface area contributed by atoms with Gasteiger partial charge in [-0.1, -0.05) is 20.3 Å². The summed E-state index contributed by atoms with van der Waals surface area (Å²) in [5.41, 5.74) is 0.698. The van der Waals surface area contributed by atoms with Gasteiger partial charge in [-0.15, -0.1) is 0 Å². The van der Waals surface area contributed by atoms with Crippen molar-refractivity contribution in [2.24, 2.45) is 5.92 Å². The van der Waals surface area contributed by atoms with Crippen LogP contribution in [0.4, 0.5) is 0 Å². The zero-order chi connectivity index (χ0) is 9.68. The highest BCUT2D eigenvalue weighted by Crippen LogP contribution is 2.10. The lowest BCUT2D eigenvalue weighted by Gasteiger charge is -2.02. The number of hydrogen-bond acceptors (Lipinski definition) is 2. The molecule has 0 saturated heterocycles. The number of hydrogen-bond donors (Lipinski definition) is 0. The number of furan rings is 1. The number of carbonyl (C=O) groups is 1. The lowest BCUT2D eigenvalue weighted by molar-refractivity contribution is 0.0977. The second kappa shape index (κ2) is 4.85. The van der Waals surface area contributed by atoms with Crippen LogP contribution < -0.4 is 0 Å². The normalized spacial score (nSPS) is 10.7. The summed E-state index contributed by atoms with van der Waals surface area (Å²) in [7, 11) is 0. The van der Waals surface area contributed by atoms with Crippen LogP contribution in [0.1, 0.15) is 43.5 Å². The van der Waals surface area contributed by atoms with Gasteiger partial charge in [-0.3, -0.25) is 4.79 Å². The Kier molecular flexibility index (Phi) is 3.74. The zero-order valence-electron chi connectivity index (χ0n) is 8.25. The molecule has 1 aromatic rings. The molecule has 0 spiro atoms. The minimum absolute atomic E-state index is 0.189. The Bertz CT molecular complexity index is 247. The highest BCUT2D eigenvalue weighted by Gasteiger charge is 2.06. The topological polar surface area (TPSA) is 30.2 Å². The Hall–Kier alpha value is -1.05. The van der Waals surface area contributed by atoms with Gasteiger partial charge in [0.15, 0.2) is 5.78 Å². The van der Waals surface area contributed by atoms with Gasteiger partial charge < -0.3 is 4.42 Å². The van der Waals surface area contributed by atoms with Crippen molar-refractivity contribution >= 4 is 5.78 Å². The van der Waals surface area contributed by atoms with E-state index < -0.39 is 0 Å². The molecule has 1 rings (SSSR count). The standard InChI is InChI=1S/C11H16O2/c1-9(2)4-3-5-11(12)10-6-7-13-8-10/h6-9H,3-5H2,1-2H3. The van der Waals surface area contributed by atoms with Crippen molar-refractivity contribution in [3.05, 3.63) is 24.2 Å². The molecular formula is C11H16O2. The third-order valence-electron chi connectivity index (χ3n) is 2.03. The molecule has 72 valence electrons. The first-order valence-electron chi connectivity index (χ1n) is 4.75. The highest BCUT2D eigenvalue weighted by atomic mass is 16.3. The summed E-state index contributed by atoms with van der Waals surface area (Å²) >= 11 is 0. The summed E-state index contributed by atoms with van der Waals surface area (Å²) < 4.78 is 4.84. The molecule has 1 heterocycles. The van der Waals surface area contributed by atoms with E-state index >= 15 is 0 Å². The molecule has 0 radical (unpaired) electrons. The van der Waals surface area contributed by atoms with Crippen LogP contribution in [-0.2, 0) is 0 Å². The van der Waals surface area contributed by atoms with Gasteiger partial charge in [-0.2, -0.15) is 0 Å². The second-order valence-electron chi connectivity index (χ2n) is 3.72. The van der Waals surface area contributed by atoms with Gasteiger partial charge in [0.05, 0.1) is 11.8 Å². The van der Waals surface area contributed by atoms with Crippen molar-refractivity contribution < 1.29 is 9.21 Å². The molecule has 0 aliphatic carbocycles. The summed E-state index contributed by atoms with van der Waals surface area (Å²) in [5.74, 6) is 0.867. The minimum Gasteiger partial charge on any atom is -0.472 e. The number of rotatable bonds is 5. The Morgan fingerprint density at radius 2 is 2.31 bits per heavy atom. The van der Waals surface area contributed by atoms with E-state index in [-0.39, 0.29) is 5.78 Å². The van der Waals surface area contributed by atoms with Crippen molar-refractivity contribution in [3.63, 3.8) is 0 Å². The smallest absolute Gasteiger partial charge is 0.166 e. The van der Waals surface area contributed by atoms with E-state index in [2.05, 4.69) is 13.8 Å². The molecule has 0 aliphatic rings. The van der Waals surface area contributed by atoms with Crippen LogP contribution in [0.2, 0.25) is 0 Å². The third-order valence-corrected chi connectivity index (χ3v) is 2.03. The fourth-order valence-electron chi connectivity index (χ4n) is 1.24. The molecule has 0 fully saturated rings. The molecule has 0 amide bonds. The molecular weight excluding hydrogens is 164 g/mol. The van der Waals surface area contributed by atoms with Crippen LogP contribution in [-0.4, -0.2) is 5.78 Å². The molecule has 13 heavy (non-hydrogen) atoms. The average Bonchev–Trinajstić information content (AvgIpc) is 2.55. The molecule has 2 nitrogen and oxygen atoms in total. The fourth-order valence-corrected chi connectivity index (χ4v) is 1.24. The van der Waals surface area contributed by atoms with Gasteiger partial charge in [0.2, 0.25) is 0 Å². The Labute approximate surface area is 78.9 Å². The maximum Gasteiger partial charge on any atom is 0.166 e. The van der Waals surface area contributed by atoms with Crippen LogP contribution in [0.25, 0.3) is 0 Å². The maximum absolute atomic E-state index is 11.4. The van der Waals surface area contributed by atoms with E-state index in [1.54, 1.807) is 6.07 Å². The monoisotopic (exact) mass is 180 g/mol. The first-order valence-corrected chi connectivity index (χ1v) is 4.75. The second-order valence-corrected chi connectivity index (χ2v) is 3.72. The van der Waals surface area contributed by atoms with Gasteiger partial charge >= 0.3 is 0 Å². The van der Waals surface area contributed by atoms with E-state index in [1.165, 1.54) is 12.5 Å². The SMILES string of the molecule is CC(C)CCCC(=O)c1ccoc1. The largest absolute Gasteiger partial charge is 0.472 e. The first kappa shape index (κ1) is 10.0. The predicted molar refractivity (Wildman–Crippen MR) is 51.7 cm³/mol. The lowest BCUT2D eigenvalue weighted by atomic mass is 10.0. The summed E-state index contributed by atoms with van der Waals surface area (Å²) in [5, 5.41) is 0. The van der Waals surface area contributed by atoms with E-state index in [0.717, 1.165) is 12.8 Å². The molecule has 0 aliphatic heterocycles. The van der Waals surface area contributed by atoms with Crippen molar-refractivity contribution in [3.8, 4) is 0 Å². The molecule has 0 unspecified atom stereocenters. The number of Topliss-reactive ketones (excluding diaryl/α,β-unsaturated/α-hetero) is 1. The van der Waals surface area contributed by atoms with Crippen LogP contribution in [0.5, 0.6) is 0 Å². The van der Waals surface area contributed by atoms with Gasteiger partial charge in [0.1, 0.15) is 6.26 Å². The highest BCUT2D eigenvalue weighted by molar-refractivity contribution is 5.95. The van der Waals surface area contributed by atoms with Gasteiger partial charge in [-0.05, 0) is 18.4 Å². The van der Waals surface area contributed by atoms with Crippen LogP contribution in [0.15, 0.2) is 23.0 Å². The first-order chi connectivity index (χ1) is 6.20. The molecule has 0 atom stereocenters. The summed E-state index contributed by atoms with van der Waals surface area (Å²) in [6.07, 6.45) is 5.77. The summed E-state index contributed by atoms with van der Waals surface area (Å²) in [6.45, 7) is 4.34. The van der Waals surface area contributed by atoms with Crippen molar-refractivity contribution in [1.82, 2.24) is 0 Å². The molecule has 0 saturated carbocycles. The lowest BCUT2D eigenvalue weighted by Crippen LogP contribution is -1.98. The molecule has 0 N–H and O–H groups in total. The fraction of sp³-hybridized carbons (Fsp3) is 0.545. The van der Waals surface area contributed by atoms with E-state index in [4.69, 9.17) is 4.42 Å². The zero-order valence-corrected chi connectivity index (χ0v) is 8.25. The molecule has 1 aromatic heterocycles. The van der Waals surface area contributed by atoms with Crippen molar-refractivity contribution in [2.45, 2.75) is 33.1 Å². The van der Waals surface area contributed by atoms with Crippen molar-refractivity contribution in [2.75, 3.05) is 0 Å². The Morgan fingerprint density at radius 1 is 1.54 bits per heavy atom. The Balaban J connectivity index is 2.27. The van der Waals surface area contributed by atoms with Crippen LogP contribution in [0, 0.1) is 5.92 Å². The van der Waals surface area contributed by atoms with Gasteiger partial charge in [-0.25, -0.2) is 0 Å². The van der Waals surface area contributed by atoms with Gasteiger partial charge in [0.25, 0.3) is 0 Å². The number of carbonyl (C=O) groups excluding carboxylic acids is 1. The Morgan fingerprint density at radius 3 is 2.85 bits per heavy atom. The quantitative estimate of drug-likeness (QED) is 0.651. The summed E-state index contributed by atoms with van der Waals surface area (Å²) in [6, 6.07) is 1.72. The number of ketones is 1. The molecule has 2 heteroatoms. The molecule has 0 aromatic carbocycles. The van der Waals surface area contributed by atoms with Crippen LogP contribution >= 0.6 is 0 Å². The maximum atomic E-state index is 11.4. The van der Waals surface area contributed by atoms with Gasteiger partial charge in [0, 0.05) is 6.42 Å². The van der Waals surface area contributed by atoms with E-state index in [0.29, 0.717) is 17.9 Å². The minimum atomic E-state index is 0.189. The van der Waals surface area contributed by atoms with E-state index in [1.807, 2.05) is 0 Å². The van der Waals surface area contributed by atoms with Crippen molar-refractivity contribution in [1.29, 1.82) is 0 Å². The predicted octanol–water partition coefficient (Wildman–Crippen LogP) is 3.29. The average molecular weight is 180 g/mol. The van der Waals surface area contributed by atoms with E-state index in [9.17, 15) is 4.79 Å². The third kappa shape index (κ3) is 3.45.